The van der Waals surface area contributed by atoms with Gasteiger partial charge in [0.05, 0.1) is 25.1 Å². The van der Waals surface area contributed by atoms with Crippen LogP contribution in [0.5, 0.6) is 5.75 Å². The molecule has 3 aromatic rings. The van der Waals surface area contributed by atoms with E-state index < -0.39 is 5.97 Å². The lowest BCUT2D eigenvalue weighted by Crippen LogP contribution is -2.15. The lowest BCUT2D eigenvalue weighted by atomic mass is 10.0. The molecule has 150 valence electrons. The van der Waals surface area contributed by atoms with Gasteiger partial charge in [-0.2, -0.15) is 0 Å². The molecular weight excluding hydrogens is 366 g/mol. The SMILES string of the molecule is CCOC(=O)c1c(C)nc(NCCc2ccccc2OC)nc1-c1ccccc1. The van der Waals surface area contributed by atoms with Crippen molar-refractivity contribution in [2.45, 2.75) is 20.3 Å². The second-order valence-corrected chi connectivity index (χ2v) is 6.43. The van der Waals surface area contributed by atoms with Crippen molar-refractivity contribution >= 4 is 11.9 Å². The van der Waals surface area contributed by atoms with E-state index >= 15 is 0 Å². The fourth-order valence-electron chi connectivity index (χ4n) is 3.12. The smallest absolute Gasteiger partial charge is 0.342 e. The summed E-state index contributed by atoms with van der Waals surface area (Å²) in [6.07, 6.45) is 0.757. The summed E-state index contributed by atoms with van der Waals surface area (Å²) in [6.45, 7) is 4.51. The van der Waals surface area contributed by atoms with Crippen molar-refractivity contribution in [3.05, 3.63) is 71.4 Å². The first-order valence-corrected chi connectivity index (χ1v) is 9.61. The first kappa shape index (κ1) is 20.3. The van der Waals surface area contributed by atoms with Crippen molar-refractivity contribution < 1.29 is 14.3 Å². The van der Waals surface area contributed by atoms with Gasteiger partial charge in [0.25, 0.3) is 0 Å². The highest BCUT2D eigenvalue weighted by molar-refractivity contribution is 5.97. The third-order valence-electron chi connectivity index (χ3n) is 4.49. The number of aromatic nitrogens is 2. The van der Waals surface area contributed by atoms with Crippen LogP contribution in [-0.2, 0) is 11.2 Å². The first-order valence-electron chi connectivity index (χ1n) is 9.61. The van der Waals surface area contributed by atoms with Crippen LogP contribution in [0, 0.1) is 6.92 Å². The molecule has 3 rings (SSSR count). The Balaban J connectivity index is 1.86. The summed E-state index contributed by atoms with van der Waals surface area (Å²) in [5.74, 6) is 0.919. The molecule has 0 radical (unpaired) electrons. The van der Waals surface area contributed by atoms with Gasteiger partial charge in [-0.1, -0.05) is 48.5 Å². The lowest BCUT2D eigenvalue weighted by Gasteiger charge is -2.14. The number of benzene rings is 2. The predicted molar refractivity (Wildman–Crippen MR) is 113 cm³/mol. The molecule has 0 aliphatic heterocycles. The Morgan fingerprint density at radius 3 is 2.48 bits per heavy atom. The van der Waals surface area contributed by atoms with Crippen molar-refractivity contribution in [2.24, 2.45) is 0 Å². The van der Waals surface area contributed by atoms with Crippen LogP contribution in [0.15, 0.2) is 54.6 Å². The summed E-state index contributed by atoms with van der Waals surface area (Å²) in [7, 11) is 1.67. The fourth-order valence-corrected chi connectivity index (χ4v) is 3.12. The highest BCUT2D eigenvalue weighted by Crippen LogP contribution is 2.26. The summed E-state index contributed by atoms with van der Waals surface area (Å²) < 4.78 is 10.6. The van der Waals surface area contributed by atoms with Crippen LogP contribution in [0.4, 0.5) is 5.95 Å². The van der Waals surface area contributed by atoms with Gasteiger partial charge in [-0.3, -0.25) is 0 Å². The molecule has 1 heterocycles. The van der Waals surface area contributed by atoms with Gasteiger partial charge in [0, 0.05) is 12.1 Å². The number of esters is 1. The maximum atomic E-state index is 12.5. The van der Waals surface area contributed by atoms with Crippen LogP contribution in [0.3, 0.4) is 0 Å². The van der Waals surface area contributed by atoms with Crippen LogP contribution in [0.2, 0.25) is 0 Å². The summed E-state index contributed by atoms with van der Waals surface area (Å²) in [5, 5.41) is 3.26. The van der Waals surface area contributed by atoms with Gasteiger partial charge in [0.2, 0.25) is 5.95 Å². The van der Waals surface area contributed by atoms with Gasteiger partial charge < -0.3 is 14.8 Å². The fraction of sp³-hybridized carbons (Fsp3) is 0.261. The van der Waals surface area contributed by atoms with E-state index in [4.69, 9.17) is 9.47 Å². The zero-order valence-corrected chi connectivity index (χ0v) is 16.9. The normalized spacial score (nSPS) is 10.4. The average Bonchev–Trinajstić information content (AvgIpc) is 2.74. The summed E-state index contributed by atoms with van der Waals surface area (Å²) in [4.78, 5) is 21.6. The molecule has 6 heteroatoms. The molecule has 6 nitrogen and oxygen atoms in total. The lowest BCUT2D eigenvalue weighted by molar-refractivity contribution is 0.0525. The maximum absolute atomic E-state index is 12.5. The van der Waals surface area contributed by atoms with Crippen molar-refractivity contribution in [3.8, 4) is 17.0 Å². The van der Waals surface area contributed by atoms with Gasteiger partial charge in [-0.25, -0.2) is 14.8 Å². The van der Waals surface area contributed by atoms with E-state index in [0.29, 0.717) is 36.1 Å². The number of ether oxygens (including phenoxy) is 2. The minimum atomic E-state index is -0.413. The number of methoxy groups -OCH3 is 1. The molecule has 0 aliphatic carbocycles. The number of carbonyl (C=O) groups is 1. The van der Waals surface area contributed by atoms with E-state index in [9.17, 15) is 4.79 Å². The molecule has 0 fully saturated rings. The van der Waals surface area contributed by atoms with E-state index in [1.807, 2.05) is 54.6 Å². The zero-order valence-electron chi connectivity index (χ0n) is 16.9. The van der Waals surface area contributed by atoms with Crippen LogP contribution in [-0.4, -0.2) is 36.2 Å². The van der Waals surface area contributed by atoms with E-state index in [0.717, 1.165) is 23.3 Å². The van der Waals surface area contributed by atoms with Crippen molar-refractivity contribution in [1.82, 2.24) is 9.97 Å². The number of hydrogen-bond acceptors (Lipinski definition) is 6. The third-order valence-corrected chi connectivity index (χ3v) is 4.49. The molecule has 2 aromatic carbocycles. The Hall–Kier alpha value is -3.41. The standard InChI is InChI=1S/C23H25N3O3/c1-4-29-22(27)20-16(2)25-23(26-21(20)18-11-6-5-7-12-18)24-15-14-17-10-8-9-13-19(17)28-3/h5-13H,4,14-15H2,1-3H3,(H,24,25,26). The van der Waals surface area contributed by atoms with E-state index in [-0.39, 0.29) is 0 Å². The Kier molecular flexibility index (Phi) is 6.79. The highest BCUT2D eigenvalue weighted by atomic mass is 16.5. The van der Waals surface area contributed by atoms with Gasteiger partial charge >= 0.3 is 5.97 Å². The van der Waals surface area contributed by atoms with Crippen molar-refractivity contribution in [1.29, 1.82) is 0 Å². The number of nitrogens with one attached hydrogen (secondary N) is 1. The summed E-state index contributed by atoms with van der Waals surface area (Å²) >= 11 is 0. The molecule has 0 bridgehead atoms. The summed E-state index contributed by atoms with van der Waals surface area (Å²) in [6, 6.07) is 17.5. The molecule has 0 atom stereocenters. The Bertz CT molecular complexity index is 974. The molecule has 0 spiro atoms. The first-order chi connectivity index (χ1) is 14.1. The number of carbonyl (C=O) groups excluding carboxylic acids is 1. The molecule has 1 aromatic heterocycles. The molecular formula is C23H25N3O3. The number of para-hydroxylation sites is 1. The number of anilines is 1. The number of rotatable bonds is 8. The maximum Gasteiger partial charge on any atom is 0.342 e. The van der Waals surface area contributed by atoms with E-state index in [1.165, 1.54) is 0 Å². The Morgan fingerprint density at radius 1 is 1.03 bits per heavy atom. The largest absolute Gasteiger partial charge is 0.496 e. The van der Waals surface area contributed by atoms with Gasteiger partial charge in [0.1, 0.15) is 11.3 Å². The van der Waals surface area contributed by atoms with Gasteiger partial charge in [-0.05, 0) is 31.9 Å². The van der Waals surface area contributed by atoms with Crippen LogP contribution in [0.25, 0.3) is 11.3 Å². The molecule has 0 aliphatic rings. The van der Waals surface area contributed by atoms with Crippen LogP contribution < -0.4 is 10.1 Å². The Morgan fingerprint density at radius 2 is 1.76 bits per heavy atom. The molecule has 0 saturated carbocycles. The Labute approximate surface area is 170 Å². The van der Waals surface area contributed by atoms with Gasteiger partial charge in [0.15, 0.2) is 0 Å². The van der Waals surface area contributed by atoms with Crippen LogP contribution >= 0.6 is 0 Å². The molecule has 0 amide bonds. The van der Waals surface area contributed by atoms with E-state index in [2.05, 4.69) is 15.3 Å². The number of nitrogens with zero attached hydrogens (tertiary/aromatic N) is 2. The number of hydrogen-bond donors (Lipinski definition) is 1. The van der Waals surface area contributed by atoms with E-state index in [1.54, 1.807) is 21.0 Å². The van der Waals surface area contributed by atoms with Crippen LogP contribution in [0.1, 0.15) is 28.5 Å². The third kappa shape index (κ3) is 4.90. The zero-order chi connectivity index (χ0) is 20.6. The summed E-state index contributed by atoms with van der Waals surface area (Å²) in [5.41, 5.74) is 3.49. The highest BCUT2D eigenvalue weighted by Gasteiger charge is 2.21. The van der Waals surface area contributed by atoms with Crippen molar-refractivity contribution in [3.63, 3.8) is 0 Å². The molecule has 1 N–H and O–H groups in total. The molecule has 0 unspecified atom stereocenters. The monoisotopic (exact) mass is 391 g/mol. The van der Waals surface area contributed by atoms with Gasteiger partial charge in [-0.15, -0.1) is 0 Å². The second kappa shape index (κ2) is 9.68. The predicted octanol–water partition coefficient (Wildman–Crippen LogP) is 4.29. The number of aryl methyl sites for hydroxylation is 1. The minimum absolute atomic E-state index is 0.297. The minimum Gasteiger partial charge on any atom is -0.496 e. The topological polar surface area (TPSA) is 73.3 Å². The second-order valence-electron chi connectivity index (χ2n) is 6.43. The van der Waals surface area contributed by atoms with Crippen molar-refractivity contribution in [2.75, 3.05) is 25.6 Å². The quantitative estimate of drug-likeness (QED) is 0.578. The molecule has 0 saturated heterocycles. The average molecular weight is 391 g/mol. The molecule has 29 heavy (non-hydrogen) atoms.